The Morgan fingerprint density at radius 2 is 1.89 bits per heavy atom. The Hall–Kier alpha value is -0.470. The molecule has 0 aliphatic heterocycles. The van der Waals surface area contributed by atoms with Crippen molar-refractivity contribution in [2.75, 3.05) is 18.1 Å². The van der Waals surface area contributed by atoms with Crippen molar-refractivity contribution in [2.45, 2.75) is 46.1 Å². The molecule has 0 heterocycles. The first kappa shape index (κ1) is 16.6. The van der Waals surface area contributed by atoms with Crippen LogP contribution in [-0.2, 0) is 6.42 Å². The molecule has 108 valence electrons. The van der Waals surface area contributed by atoms with Gasteiger partial charge < -0.3 is 5.32 Å². The van der Waals surface area contributed by atoms with Gasteiger partial charge in [0.2, 0.25) is 0 Å². The Balaban J connectivity index is 2.39. The van der Waals surface area contributed by atoms with E-state index >= 15 is 0 Å². The second-order valence-electron chi connectivity index (χ2n) is 5.46. The predicted octanol–water partition coefficient (Wildman–Crippen LogP) is 4.38. The quantitative estimate of drug-likeness (QED) is 0.638. The van der Waals surface area contributed by atoms with Crippen LogP contribution < -0.4 is 5.32 Å². The molecule has 1 rings (SSSR count). The van der Waals surface area contributed by atoms with Crippen LogP contribution in [0.4, 0.5) is 0 Å². The molecule has 0 saturated heterocycles. The fraction of sp³-hybridized carbons (Fsp3) is 0.647. The molecule has 0 bridgehead atoms. The SMILES string of the molecule is CCSCCCC(CNC(C)C)Cc1ccccc1. The number of thioether (sulfide) groups is 1. The lowest BCUT2D eigenvalue weighted by Crippen LogP contribution is -2.30. The lowest BCUT2D eigenvalue weighted by Gasteiger charge is -2.19. The van der Waals surface area contributed by atoms with Crippen molar-refractivity contribution in [1.29, 1.82) is 0 Å². The Kier molecular flexibility index (Phi) is 9.02. The molecule has 19 heavy (non-hydrogen) atoms. The van der Waals surface area contributed by atoms with E-state index in [1.165, 1.54) is 36.3 Å². The van der Waals surface area contributed by atoms with Crippen LogP contribution in [0.5, 0.6) is 0 Å². The van der Waals surface area contributed by atoms with Crippen molar-refractivity contribution in [1.82, 2.24) is 5.32 Å². The molecule has 1 atom stereocenters. The Labute approximate surface area is 123 Å². The van der Waals surface area contributed by atoms with Crippen molar-refractivity contribution < 1.29 is 0 Å². The molecule has 0 fully saturated rings. The van der Waals surface area contributed by atoms with Gasteiger partial charge in [-0.2, -0.15) is 11.8 Å². The summed E-state index contributed by atoms with van der Waals surface area (Å²) in [6.45, 7) is 7.84. The van der Waals surface area contributed by atoms with Crippen LogP contribution in [0.25, 0.3) is 0 Å². The molecule has 0 radical (unpaired) electrons. The van der Waals surface area contributed by atoms with Gasteiger partial charge in [0.25, 0.3) is 0 Å². The molecule has 1 N–H and O–H groups in total. The summed E-state index contributed by atoms with van der Waals surface area (Å²) in [6.07, 6.45) is 3.88. The first-order chi connectivity index (χ1) is 9.22. The Bertz CT molecular complexity index is 310. The van der Waals surface area contributed by atoms with E-state index in [0.29, 0.717) is 6.04 Å². The second-order valence-corrected chi connectivity index (χ2v) is 6.85. The summed E-state index contributed by atoms with van der Waals surface area (Å²) in [6, 6.07) is 11.5. The van der Waals surface area contributed by atoms with Crippen molar-refractivity contribution in [3.05, 3.63) is 35.9 Å². The number of benzene rings is 1. The molecular formula is C17H29NS. The summed E-state index contributed by atoms with van der Waals surface area (Å²) in [5, 5.41) is 3.60. The Morgan fingerprint density at radius 3 is 2.53 bits per heavy atom. The summed E-state index contributed by atoms with van der Waals surface area (Å²) in [4.78, 5) is 0. The van der Waals surface area contributed by atoms with Crippen molar-refractivity contribution in [2.24, 2.45) is 5.92 Å². The average Bonchev–Trinajstić information content (AvgIpc) is 2.41. The summed E-state index contributed by atoms with van der Waals surface area (Å²) in [5.74, 6) is 3.32. The van der Waals surface area contributed by atoms with Gasteiger partial charge in [-0.05, 0) is 48.8 Å². The minimum atomic E-state index is 0.586. The normalized spacial score (nSPS) is 12.8. The van der Waals surface area contributed by atoms with Crippen molar-refractivity contribution in [3.63, 3.8) is 0 Å². The number of hydrogen-bond acceptors (Lipinski definition) is 2. The summed E-state index contributed by atoms with van der Waals surface area (Å²) < 4.78 is 0. The third-order valence-electron chi connectivity index (χ3n) is 3.29. The lowest BCUT2D eigenvalue weighted by molar-refractivity contribution is 0.419. The molecule has 2 heteroatoms. The summed E-state index contributed by atoms with van der Waals surface area (Å²) in [7, 11) is 0. The van der Waals surface area contributed by atoms with E-state index in [0.717, 1.165) is 12.5 Å². The number of nitrogens with one attached hydrogen (secondary N) is 1. The highest BCUT2D eigenvalue weighted by atomic mass is 32.2. The third-order valence-corrected chi connectivity index (χ3v) is 4.27. The maximum Gasteiger partial charge on any atom is 0.00104 e. The average molecular weight is 279 g/mol. The highest BCUT2D eigenvalue weighted by Crippen LogP contribution is 2.16. The molecule has 1 nitrogen and oxygen atoms in total. The van der Waals surface area contributed by atoms with E-state index in [4.69, 9.17) is 0 Å². The second kappa shape index (κ2) is 10.3. The number of rotatable bonds is 10. The minimum Gasteiger partial charge on any atom is -0.314 e. The number of hydrogen-bond donors (Lipinski definition) is 1. The van der Waals surface area contributed by atoms with E-state index in [1.807, 2.05) is 0 Å². The van der Waals surface area contributed by atoms with Crippen molar-refractivity contribution >= 4 is 11.8 Å². The van der Waals surface area contributed by atoms with Crippen LogP contribution in [0.1, 0.15) is 39.2 Å². The fourth-order valence-electron chi connectivity index (χ4n) is 2.24. The van der Waals surface area contributed by atoms with Crippen LogP contribution in [0, 0.1) is 5.92 Å². The zero-order valence-corrected chi connectivity index (χ0v) is 13.5. The van der Waals surface area contributed by atoms with E-state index < -0.39 is 0 Å². The zero-order chi connectivity index (χ0) is 13.9. The van der Waals surface area contributed by atoms with Gasteiger partial charge in [0.15, 0.2) is 0 Å². The summed E-state index contributed by atoms with van der Waals surface area (Å²) in [5.41, 5.74) is 1.47. The highest BCUT2D eigenvalue weighted by molar-refractivity contribution is 7.99. The first-order valence-electron chi connectivity index (χ1n) is 7.57. The zero-order valence-electron chi connectivity index (χ0n) is 12.7. The van der Waals surface area contributed by atoms with Crippen LogP contribution in [0.15, 0.2) is 30.3 Å². The van der Waals surface area contributed by atoms with Gasteiger partial charge in [0.1, 0.15) is 0 Å². The molecule has 0 spiro atoms. The highest BCUT2D eigenvalue weighted by Gasteiger charge is 2.10. The smallest absolute Gasteiger partial charge is 0.00104 e. The molecule has 1 aromatic rings. The Morgan fingerprint density at radius 1 is 1.16 bits per heavy atom. The molecule has 1 unspecified atom stereocenters. The maximum atomic E-state index is 3.60. The van der Waals surface area contributed by atoms with E-state index in [9.17, 15) is 0 Å². The minimum absolute atomic E-state index is 0.586. The largest absolute Gasteiger partial charge is 0.314 e. The van der Waals surface area contributed by atoms with Gasteiger partial charge in [-0.1, -0.05) is 51.1 Å². The van der Waals surface area contributed by atoms with Crippen LogP contribution >= 0.6 is 11.8 Å². The third kappa shape index (κ3) is 8.33. The maximum absolute atomic E-state index is 3.60. The molecule has 0 amide bonds. The molecular weight excluding hydrogens is 250 g/mol. The molecule has 0 saturated carbocycles. The fourth-order valence-corrected chi connectivity index (χ4v) is 2.90. The van der Waals surface area contributed by atoms with Gasteiger partial charge in [0, 0.05) is 6.04 Å². The molecule has 1 aromatic carbocycles. The first-order valence-corrected chi connectivity index (χ1v) is 8.73. The monoisotopic (exact) mass is 279 g/mol. The van der Waals surface area contributed by atoms with Crippen LogP contribution in [-0.4, -0.2) is 24.1 Å². The molecule has 0 aliphatic carbocycles. The van der Waals surface area contributed by atoms with Gasteiger partial charge in [-0.3, -0.25) is 0 Å². The van der Waals surface area contributed by atoms with Crippen molar-refractivity contribution in [3.8, 4) is 0 Å². The topological polar surface area (TPSA) is 12.0 Å². The van der Waals surface area contributed by atoms with Gasteiger partial charge in [0.05, 0.1) is 0 Å². The van der Waals surface area contributed by atoms with Gasteiger partial charge in [-0.25, -0.2) is 0 Å². The van der Waals surface area contributed by atoms with E-state index in [1.54, 1.807) is 0 Å². The van der Waals surface area contributed by atoms with Gasteiger partial charge in [-0.15, -0.1) is 0 Å². The van der Waals surface area contributed by atoms with Gasteiger partial charge >= 0.3 is 0 Å². The lowest BCUT2D eigenvalue weighted by atomic mass is 9.95. The van der Waals surface area contributed by atoms with E-state index in [2.05, 4.69) is 68.2 Å². The summed E-state index contributed by atoms with van der Waals surface area (Å²) >= 11 is 2.06. The molecule has 0 aromatic heterocycles. The predicted molar refractivity (Wildman–Crippen MR) is 89.0 cm³/mol. The standard InChI is InChI=1S/C17H29NS/c1-4-19-12-8-11-17(14-18-15(2)3)13-16-9-6-5-7-10-16/h5-7,9-10,15,17-18H,4,8,11-14H2,1-3H3. The molecule has 0 aliphatic rings. The van der Waals surface area contributed by atoms with Crippen LogP contribution in [0.2, 0.25) is 0 Å². The van der Waals surface area contributed by atoms with E-state index in [-0.39, 0.29) is 0 Å². The van der Waals surface area contributed by atoms with Crippen LogP contribution in [0.3, 0.4) is 0 Å².